The van der Waals surface area contributed by atoms with Crippen LogP contribution in [0, 0.1) is 0 Å². The highest BCUT2D eigenvalue weighted by molar-refractivity contribution is 9.10. The van der Waals surface area contributed by atoms with Crippen molar-refractivity contribution < 1.29 is 4.79 Å². The highest BCUT2D eigenvalue weighted by Gasteiger charge is 2.09. The number of carbonyl (C=O) groups is 1. The maximum Gasteiger partial charge on any atom is 0.270 e. The van der Waals surface area contributed by atoms with Gasteiger partial charge in [-0.3, -0.25) is 9.78 Å². The second-order valence-corrected chi connectivity index (χ2v) is 5.77. The zero-order valence-corrected chi connectivity index (χ0v) is 14.2. The highest BCUT2D eigenvalue weighted by atomic mass is 79.9. The molecular weight excluding hydrogens is 370 g/mol. The molecule has 2 N–H and O–H groups in total. The molecule has 1 amide bonds. The number of para-hydroxylation sites is 1. The lowest BCUT2D eigenvalue weighted by Crippen LogP contribution is -2.24. The first-order valence-corrected chi connectivity index (χ1v) is 8.03. The fourth-order valence-corrected chi connectivity index (χ4v) is 2.39. The third-order valence-corrected chi connectivity index (χ3v) is 3.88. The smallest absolute Gasteiger partial charge is 0.270 e. The van der Waals surface area contributed by atoms with Crippen LogP contribution in [0.2, 0.25) is 0 Å². The number of carbonyl (C=O) groups excluding carboxylic acids is 1. The molecule has 0 saturated heterocycles. The molecule has 0 unspecified atom stereocenters. The maximum atomic E-state index is 12.2. The lowest BCUT2D eigenvalue weighted by molar-refractivity contribution is 0.0946. The van der Waals surface area contributed by atoms with Gasteiger partial charge in [0, 0.05) is 29.6 Å². The van der Waals surface area contributed by atoms with E-state index in [4.69, 9.17) is 0 Å². The Morgan fingerprint density at radius 2 is 1.96 bits per heavy atom. The van der Waals surface area contributed by atoms with Gasteiger partial charge in [-0.15, -0.1) is 0 Å². The predicted octanol–water partition coefficient (Wildman–Crippen LogP) is 3.31. The zero-order valence-electron chi connectivity index (χ0n) is 12.6. The molecule has 0 radical (unpaired) electrons. The van der Waals surface area contributed by atoms with E-state index in [9.17, 15) is 4.79 Å². The number of benzene rings is 1. The molecular formula is C17H14BrN5O. The van der Waals surface area contributed by atoms with E-state index in [-0.39, 0.29) is 5.91 Å². The number of anilines is 2. The van der Waals surface area contributed by atoms with Crippen molar-refractivity contribution in [2.45, 2.75) is 6.54 Å². The Hall–Kier alpha value is -2.80. The average molecular weight is 384 g/mol. The van der Waals surface area contributed by atoms with Crippen LogP contribution < -0.4 is 10.6 Å². The van der Waals surface area contributed by atoms with Crippen molar-refractivity contribution in [1.29, 1.82) is 0 Å². The van der Waals surface area contributed by atoms with Gasteiger partial charge in [-0.2, -0.15) is 0 Å². The number of amides is 1. The van der Waals surface area contributed by atoms with Crippen molar-refractivity contribution in [3.05, 3.63) is 76.8 Å². The van der Waals surface area contributed by atoms with E-state index in [1.165, 1.54) is 0 Å². The van der Waals surface area contributed by atoms with E-state index >= 15 is 0 Å². The summed E-state index contributed by atoms with van der Waals surface area (Å²) in [5.41, 5.74) is 2.04. The normalized spacial score (nSPS) is 10.2. The van der Waals surface area contributed by atoms with Crippen molar-refractivity contribution in [1.82, 2.24) is 20.3 Å². The molecule has 0 bridgehead atoms. The molecule has 24 heavy (non-hydrogen) atoms. The van der Waals surface area contributed by atoms with Crippen LogP contribution in [0.4, 0.5) is 11.6 Å². The third kappa shape index (κ3) is 4.14. The summed E-state index contributed by atoms with van der Waals surface area (Å²) >= 11 is 3.45. The van der Waals surface area contributed by atoms with Crippen molar-refractivity contribution >= 4 is 33.5 Å². The zero-order chi connectivity index (χ0) is 16.8. The second-order valence-electron chi connectivity index (χ2n) is 4.91. The quantitative estimate of drug-likeness (QED) is 0.706. The Kier molecular flexibility index (Phi) is 5.12. The predicted molar refractivity (Wildman–Crippen MR) is 94.9 cm³/mol. The lowest BCUT2D eigenvalue weighted by atomic mass is 10.3. The molecule has 0 fully saturated rings. The minimum atomic E-state index is -0.267. The summed E-state index contributed by atoms with van der Waals surface area (Å²) in [7, 11) is 0. The number of rotatable bonds is 5. The lowest BCUT2D eigenvalue weighted by Gasteiger charge is -2.08. The van der Waals surface area contributed by atoms with Crippen LogP contribution in [0.1, 0.15) is 16.1 Å². The van der Waals surface area contributed by atoms with Crippen molar-refractivity contribution in [3.63, 3.8) is 0 Å². The molecule has 6 nitrogen and oxygen atoms in total. The molecule has 0 aliphatic carbocycles. The summed E-state index contributed by atoms with van der Waals surface area (Å²) < 4.78 is 0.889. The van der Waals surface area contributed by atoms with Gasteiger partial charge in [0.15, 0.2) is 0 Å². The Balaban J connectivity index is 1.68. The van der Waals surface area contributed by atoms with E-state index < -0.39 is 0 Å². The number of nitrogens with one attached hydrogen (secondary N) is 2. The molecule has 3 aromatic rings. The Morgan fingerprint density at radius 3 is 2.75 bits per heavy atom. The number of hydrogen-bond acceptors (Lipinski definition) is 5. The van der Waals surface area contributed by atoms with Gasteiger partial charge in [-0.25, -0.2) is 9.97 Å². The summed E-state index contributed by atoms with van der Waals surface area (Å²) in [6, 6.07) is 12.9. The van der Waals surface area contributed by atoms with Crippen LogP contribution in [0.5, 0.6) is 0 Å². The van der Waals surface area contributed by atoms with Crippen LogP contribution in [-0.4, -0.2) is 20.9 Å². The molecule has 120 valence electrons. The molecule has 0 aliphatic heterocycles. The largest absolute Gasteiger partial charge is 0.347 e. The summed E-state index contributed by atoms with van der Waals surface area (Å²) in [6.07, 6.45) is 4.95. The number of pyridine rings is 1. The second kappa shape index (κ2) is 7.65. The Morgan fingerprint density at radius 1 is 1.08 bits per heavy atom. The fraction of sp³-hybridized carbons (Fsp3) is 0.0588. The summed E-state index contributed by atoms with van der Waals surface area (Å²) in [5, 5.41) is 5.89. The van der Waals surface area contributed by atoms with Crippen LogP contribution in [0.25, 0.3) is 0 Å². The van der Waals surface area contributed by atoms with Gasteiger partial charge >= 0.3 is 0 Å². The van der Waals surface area contributed by atoms with E-state index in [1.807, 2.05) is 36.4 Å². The standard InChI is InChI=1S/C17H14BrN5O/c18-13-5-1-2-6-14(13)22-17-20-9-7-15(23-17)16(24)21-11-12-4-3-8-19-10-12/h1-10H,11H2,(H,21,24)(H,20,22,23). The van der Waals surface area contributed by atoms with E-state index in [2.05, 4.69) is 41.5 Å². The monoisotopic (exact) mass is 383 g/mol. The molecule has 3 rings (SSSR count). The summed E-state index contributed by atoms with van der Waals surface area (Å²) in [6.45, 7) is 0.393. The van der Waals surface area contributed by atoms with Gasteiger partial charge in [0.1, 0.15) is 5.69 Å². The topological polar surface area (TPSA) is 79.8 Å². The first-order valence-electron chi connectivity index (χ1n) is 7.24. The summed E-state index contributed by atoms with van der Waals surface area (Å²) in [5.74, 6) is 0.0901. The fourth-order valence-electron chi connectivity index (χ4n) is 2.00. The Bertz CT molecular complexity index is 841. The molecule has 0 atom stereocenters. The third-order valence-electron chi connectivity index (χ3n) is 3.18. The first kappa shape index (κ1) is 16.1. The molecule has 2 aromatic heterocycles. The van der Waals surface area contributed by atoms with E-state index in [0.29, 0.717) is 18.2 Å². The van der Waals surface area contributed by atoms with Gasteiger partial charge in [-0.05, 0) is 45.8 Å². The van der Waals surface area contributed by atoms with Gasteiger partial charge in [0.05, 0.1) is 5.69 Å². The van der Waals surface area contributed by atoms with Crippen LogP contribution in [-0.2, 0) is 6.54 Å². The molecule has 2 heterocycles. The van der Waals surface area contributed by atoms with E-state index in [0.717, 1.165) is 15.7 Å². The maximum absolute atomic E-state index is 12.2. The molecule has 0 saturated carbocycles. The number of aromatic nitrogens is 3. The van der Waals surface area contributed by atoms with Crippen LogP contribution in [0.15, 0.2) is 65.5 Å². The SMILES string of the molecule is O=C(NCc1cccnc1)c1ccnc(Nc2ccccc2Br)n1. The average Bonchev–Trinajstić information content (AvgIpc) is 2.63. The summed E-state index contributed by atoms with van der Waals surface area (Å²) in [4.78, 5) is 24.6. The van der Waals surface area contributed by atoms with Gasteiger partial charge in [-0.1, -0.05) is 18.2 Å². The van der Waals surface area contributed by atoms with Crippen molar-refractivity contribution in [2.24, 2.45) is 0 Å². The van der Waals surface area contributed by atoms with Gasteiger partial charge in [0.2, 0.25) is 5.95 Å². The first-order chi connectivity index (χ1) is 11.7. The van der Waals surface area contributed by atoms with Crippen LogP contribution in [0.3, 0.4) is 0 Å². The molecule has 0 aliphatic rings. The minimum absolute atomic E-state index is 0.267. The van der Waals surface area contributed by atoms with Gasteiger partial charge < -0.3 is 10.6 Å². The number of hydrogen-bond donors (Lipinski definition) is 2. The van der Waals surface area contributed by atoms with Crippen molar-refractivity contribution in [2.75, 3.05) is 5.32 Å². The minimum Gasteiger partial charge on any atom is -0.347 e. The Labute approximate surface area is 147 Å². The highest BCUT2D eigenvalue weighted by Crippen LogP contribution is 2.23. The molecule has 0 spiro atoms. The van der Waals surface area contributed by atoms with E-state index in [1.54, 1.807) is 24.7 Å². The number of nitrogens with zero attached hydrogens (tertiary/aromatic N) is 3. The van der Waals surface area contributed by atoms with Crippen LogP contribution >= 0.6 is 15.9 Å². The molecule has 7 heteroatoms. The number of halogens is 1. The molecule has 1 aromatic carbocycles. The van der Waals surface area contributed by atoms with Crippen molar-refractivity contribution in [3.8, 4) is 0 Å². The van der Waals surface area contributed by atoms with Gasteiger partial charge in [0.25, 0.3) is 5.91 Å².